The Morgan fingerprint density at radius 3 is 3.00 bits per heavy atom. The van der Waals surface area contributed by atoms with Crippen molar-refractivity contribution in [3.8, 4) is 6.08 Å². The van der Waals surface area contributed by atoms with E-state index in [0.717, 1.165) is 0 Å². The van der Waals surface area contributed by atoms with Crippen LogP contribution in [-0.4, -0.2) is 28.5 Å². The van der Waals surface area contributed by atoms with Crippen molar-refractivity contribution in [2.75, 3.05) is 13.2 Å². The molecule has 5 nitrogen and oxygen atoms in total. The quantitative estimate of drug-likeness (QED) is 0.631. The van der Waals surface area contributed by atoms with Crippen LogP contribution in [0, 0.1) is 6.92 Å². The molecule has 0 amide bonds. The molecule has 1 aromatic rings. The number of ether oxygens (including phenoxy) is 1. The zero-order chi connectivity index (χ0) is 8.10. The fourth-order valence-electron chi connectivity index (χ4n) is 0.561. The van der Waals surface area contributed by atoms with E-state index in [-0.39, 0.29) is 12.7 Å². The standard InChI is InChI=1S/C6H10N2O3/c1-5-7-6(11-8-5)10-4-2-3-9/h9H,2-4H2,1H3. The van der Waals surface area contributed by atoms with Gasteiger partial charge in [-0.15, -0.1) is 0 Å². The molecule has 0 unspecified atom stereocenters. The van der Waals surface area contributed by atoms with Gasteiger partial charge in [0.2, 0.25) is 0 Å². The average Bonchev–Trinajstić information content (AvgIpc) is 2.37. The van der Waals surface area contributed by atoms with E-state index in [4.69, 9.17) is 9.84 Å². The highest BCUT2D eigenvalue weighted by Crippen LogP contribution is 2.04. The molecule has 0 aliphatic heterocycles. The number of hydrogen-bond donors (Lipinski definition) is 1. The number of aryl methyl sites for hydroxylation is 1. The monoisotopic (exact) mass is 158 g/mol. The molecule has 11 heavy (non-hydrogen) atoms. The highest BCUT2D eigenvalue weighted by molar-refractivity contribution is 4.86. The van der Waals surface area contributed by atoms with Crippen molar-refractivity contribution >= 4 is 0 Å². The van der Waals surface area contributed by atoms with E-state index in [9.17, 15) is 0 Å². The molecule has 0 aliphatic carbocycles. The second-order valence-electron chi connectivity index (χ2n) is 2.03. The summed E-state index contributed by atoms with van der Waals surface area (Å²) in [6, 6.07) is 0. The van der Waals surface area contributed by atoms with E-state index in [1.165, 1.54) is 0 Å². The lowest BCUT2D eigenvalue weighted by Gasteiger charge is -1.95. The van der Waals surface area contributed by atoms with Crippen molar-refractivity contribution in [3.05, 3.63) is 5.82 Å². The normalized spacial score (nSPS) is 10.0. The first-order valence-corrected chi connectivity index (χ1v) is 3.37. The Balaban J connectivity index is 2.27. The van der Waals surface area contributed by atoms with Gasteiger partial charge in [0.15, 0.2) is 5.82 Å². The van der Waals surface area contributed by atoms with Gasteiger partial charge in [-0.3, -0.25) is 4.52 Å². The van der Waals surface area contributed by atoms with Crippen molar-refractivity contribution in [3.63, 3.8) is 0 Å². The van der Waals surface area contributed by atoms with E-state index in [0.29, 0.717) is 18.9 Å². The fraction of sp³-hybridized carbons (Fsp3) is 0.667. The molecule has 0 aliphatic rings. The summed E-state index contributed by atoms with van der Waals surface area (Å²) in [6.45, 7) is 2.22. The molecular weight excluding hydrogens is 148 g/mol. The van der Waals surface area contributed by atoms with E-state index in [1.807, 2.05) is 0 Å². The first-order valence-electron chi connectivity index (χ1n) is 3.37. The molecule has 1 N–H and O–H groups in total. The lowest BCUT2D eigenvalue weighted by Crippen LogP contribution is -1.99. The average molecular weight is 158 g/mol. The van der Waals surface area contributed by atoms with Crippen LogP contribution in [0.25, 0.3) is 0 Å². The van der Waals surface area contributed by atoms with E-state index in [1.54, 1.807) is 6.92 Å². The molecule has 0 saturated carbocycles. The third kappa shape index (κ3) is 2.55. The molecule has 5 heteroatoms. The zero-order valence-corrected chi connectivity index (χ0v) is 6.28. The highest BCUT2D eigenvalue weighted by Gasteiger charge is 2.01. The predicted molar refractivity (Wildman–Crippen MR) is 36.2 cm³/mol. The fourth-order valence-corrected chi connectivity index (χ4v) is 0.561. The molecular formula is C6H10N2O3. The zero-order valence-electron chi connectivity index (χ0n) is 6.28. The molecule has 0 atom stereocenters. The lowest BCUT2D eigenvalue weighted by atomic mass is 10.5. The van der Waals surface area contributed by atoms with Crippen molar-refractivity contribution in [1.29, 1.82) is 0 Å². The summed E-state index contributed by atoms with van der Waals surface area (Å²) >= 11 is 0. The third-order valence-corrected chi connectivity index (χ3v) is 1.04. The third-order valence-electron chi connectivity index (χ3n) is 1.04. The number of aromatic nitrogens is 2. The van der Waals surface area contributed by atoms with E-state index >= 15 is 0 Å². The lowest BCUT2D eigenvalue weighted by molar-refractivity contribution is 0.179. The van der Waals surface area contributed by atoms with Gasteiger partial charge in [0.05, 0.1) is 6.61 Å². The Morgan fingerprint density at radius 2 is 2.45 bits per heavy atom. The van der Waals surface area contributed by atoms with Gasteiger partial charge in [-0.25, -0.2) is 0 Å². The van der Waals surface area contributed by atoms with Gasteiger partial charge in [0.1, 0.15) is 0 Å². The first kappa shape index (κ1) is 8.00. The van der Waals surface area contributed by atoms with Crippen LogP contribution in [0.3, 0.4) is 0 Å². The second-order valence-corrected chi connectivity index (χ2v) is 2.03. The summed E-state index contributed by atoms with van der Waals surface area (Å²) in [5.41, 5.74) is 0. The van der Waals surface area contributed by atoms with Crippen molar-refractivity contribution in [2.45, 2.75) is 13.3 Å². The smallest absolute Gasteiger partial charge is 0.417 e. The molecule has 0 bridgehead atoms. The molecule has 62 valence electrons. The van der Waals surface area contributed by atoms with E-state index < -0.39 is 0 Å². The van der Waals surface area contributed by atoms with Crippen LogP contribution < -0.4 is 4.74 Å². The van der Waals surface area contributed by atoms with Gasteiger partial charge < -0.3 is 9.84 Å². The molecule has 1 heterocycles. The van der Waals surface area contributed by atoms with Crippen LogP contribution in [0.1, 0.15) is 12.2 Å². The SMILES string of the molecule is Cc1noc(OCCCO)n1. The summed E-state index contributed by atoms with van der Waals surface area (Å²) < 4.78 is 9.61. The Kier molecular flexibility index (Phi) is 2.85. The minimum atomic E-state index is 0.104. The predicted octanol–water partition coefficient (Wildman–Crippen LogP) is 0.139. The molecule has 1 rings (SSSR count). The van der Waals surface area contributed by atoms with Crippen molar-refractivity contribution < 1.29 is 14.4 Å². The molecule has 0 aromatic carbocycles. The largest absolute Gasteiger partial charge is 0.449 e. The molecule has 0 fully saturated rings. The highest BCUT2D eigenvalue weighted by atomic mass is 16.6. The maximum atomic E-state index is 8.40. The molecule has 0 radical (unpaired) electrons. The van der Waals surface area contributed by atoms with Crippen LogP contribution >= 0.6 is 0 Å². The van der Waals surface area contributed by atoms with Crippen molar-refractivity contribution in [1.82, 2.24) is 10.1 Å². The first-order chi connectivity index (χ1) is 5.33. The topological polar surface area (TPSA) is 68.4 Å². The minimum Gasteiger partial charge on any atom is -0.449 e. The van der Waals surface area contributed by atoms with Gasteiger partial charge in [0.25, 0.3) is 0 Å². The summed E-state index contributed by atoms with van der Waals surface area (Å²) in [5, 5.41) is 11.9. The van der Waals surface area contributed by atoms with Gasteiger partial charge in [0, 0.05) is 13.0 Å². The van der Waals surface area contributed by atoms with Crippen molar-refractivity contribution in [2.24, 2.45) is 0 Å². The van der Waals surface area contributed by atoms with Crippen LogP contribution in [0.4, 0.5) is 0 Å². The summed E-state index contributed by atoms with van der Waals surface area (Å²) in [4.78, 5) is 3.80. The number of nitrogens with zero attached hydrogens (tertiary/aromatic N) is 2. The summed E-state index contributed by atoms with van der Waals surface area (Å²) in [6.07, 6.45) is 0.734. The van der Waals surface area contributed by atoms with Gasteiger partial charge in [-0.2, -0.15) is 4.98 Å². The van der Waals surface area contributed by atoms with Crippen LogP contribution in [0.5, 0.6) is 6.08 Å². The number of hydrogen-bond acceptors (Lipinski definition) is 5. The Bertz CT molecular complexity index is 211. The van der Waals surface area contributed by atoms with Crippen LogP contribution in [0.15, 0.2) is 4.52 Å². The summed E-state index contributed by atoms with van der Waals surface area (Å²) in [7, 11) is 0. The van der Waals surface area contributed by atoms with Gasteiger partial charge in [-0.05, 0) is 6.92 Å². The number of aliphatic hydroxyl groups is 1. The molecule has 0 spiro atoms. The minimum absolute atomic E-state index is 0.104. The summed E-state index contributed by atoms with van der Waals surface area (Å²) in [5.74, 6) is 0.545. The van der Waals surface area contributed by atoms with E-state index in [2.05, 4.69) is 14.7 Å². The molecule has 1 aromatic heterocycles. The molecule has 0 saturated heterocycles. The van der Waals surface area contributed by atoms with Gasteiger partial charge >= 0.3 is 6.08 Å². The van der Waals surface area contributed by atoms with Crippen LogP contribution in [-0.2, 0) is 0 Å². The maximum Gasteiger partial charge on any atom is 0.417 e. The number of aliphatic hydroxyl groups excluding tert-OH is 1. The van der Waals surface area contributed by atoms with Gasteiger partial charge in [-0.1, -0.05) is 5.16 Å². The Labute approximate surface area is 64.0 Å². The van der Waals surface area contributed by atoms with Crippen LogP contribution in [0.2, 0.25) is 0 Å². The second kappa shape index (κ2) is 3.92. The number of rotatable bonds is 4. The Morgan fingerprint density at radius 1 is 1.64 bits per heavy atom. The Hall–Kier alpha value is -1.10. The maximum absolute atomic E-state index is 8.40.